The van der Waals surface area contributed by atoms with Crippen LogP contribution < -0.4 is 28.4 Å². The zero-order valence-corrected chi connectivity index (χ0v) is 19.9. The van der Waals surface area contributed by atoms with E-state index in [1.165, 1.54) is 28.4 Å². The fourth-order valence-electron chi connectivity index (χ4n) is 3.90. The van der Waals surface area contributed by atoms with Crippen molar-refractivity contribution < 1.29 is 47.5 Å². The van der Waals surface area contributed by atoms with Crippen molar-refractivity contribution >= 4 is 22.7 Å². The van der Waals surface area contributed by atoms with Crippen LogP contribution in [-0.4, -0.2) is 54.3 Å². The highest BCUT2D eigenvalue weighted by Gasteiger charge is 2.33. The lowest BCUT2D eigenvalue weighted by Crippen LogP contribution is -2.16. The van der Waals surface area contributed by atoms with Gasteiger partial charge in [-0.05, 0) is 29.8 Å². The fraction of sp³-hybridized carbons (Fsp3) is 0.280. The van der Waals surface area contributed by atoms with Gasteiger partial charge >= 0.3 is 11.9 Å². The number of rotatable bonds is 8. The average Bonchev–Trinajstić information content (AvgIpc) is 3.36. The molecule has 10 heteroatoms. The van der Waals surface area contributed by atoms with E-state index in [1.807, 2.05) is 0 Å². The summed E-state index contributed by atoms with van der Waals surface area (Å²) < 4.78 is 43.3. The third kappa shape index (κ3) is 4.18. The Bertz CT molecular complexity index is 1300. The Balaban J connectivity index is 1.95. The van der Waals surface area contributed by atoms with Crippen molar-refractivity contribution in [2.45, 2.75) is 6.61 Å². The minimum atomic E-state index is -0.800. The minimum Gasteiger partial charge on any atom is -0.495 e. The van der Waals surface area contributed by atoms with Gasteiger partial charge in [-0.1, -0.05) is 6.07 Å². The number of esters is 2. The molecule has 1 aliphatic heterocycles. The number of benzene rings is 3. The Kier molecular flexibility index (Phi) is 6.72. The molecule has 1 aliphatic rings. The van der Waals surface area contributed by atoms with Crippen molar-refractivity contribution in [3.05, 3.63) is 47.0 Å². The van der Waals surface area contributed by atoms with E-state index in [4.69, 9.17) is 37.9 Å². The summed E-state index contributed by atoms with van der Waals surface area (Å²) in [6.45, 7) is 0.0599. The fourth-order valence-corrected chi connectivity index (χ4v) is 3.90. The SMILES string of the molecule is COC(=O)c1c(C(=O)OC)c(OCc2ccc(OC)c(OC)c2)c2cc3c(cc2c1OC)OCO3. The number of hydrogen-bond acceptors (Lipinski definition) is 10. The molecule has 0 N–H and O–H groups in total. The number of hydrogen-bond donors (Lipinski definition) is 0. The molecule has 10 nitrogen and oxygen atoms in total. The molecule has 4 rings (SSSR count). The minimum absolute atomic E-state index is 0.0286. The quantitative estimate of drug-likeness (QED) is 0.439. The van der Waals surface area contributed by atoms with Gasteiger partial charge in [-0.3, -0.25) is 0 Å². The van der Waals surface area contributed by atoms with Gasteiger partial charge in [-0.2, -0.15) is 0 Å². The second-order valence-electron chi connectivity index (χ2n) is 7.32. The highest BCUT2D eigenvalue weighted by atomic mass is 16.7. The van der Waals surface area contributed by atoms with E-state index in [1.54, 1.807) is 37.4 Å². The Hall–Kier alpha value is -4.34. The van der Waals surface area contributed by atoms with Crippen LogP contribution in [0.25, 0.3) is 10.8 Å². The van der Waals surface area contributed by atoms with Gasteiger partial charge in [0.05, 0.1) is 35.5 Å². The van der Waals surface area contributed by atoms with E-state index in [9.17, 15) is 9.59 Å². The first-order valence-electron chi connectivity index (χ1n) is 10.4. The predicted octanol–water partition coefficient (Wildman–Crippen LogP) is 3.75. The lowest BCUT2D eigenvalue weighted by molar-refractivity contribution is 0.0548. The van der Waals surface area contributed by atoms with Gasteiger partial charge in [0, 0.05) is 10.8 Å². The van der Waals surface area contributed by atoms with E-state index in [2.05, 4.69) is 0 Å². The molecule has 0 saturated heterocycles. The van der Waals surface area contributed by atoms with Crippen LogP contribution in [0.3, 0.4) is 0 Å². The molecule has 3 aromatic rings. The van der Waals surface area contributed by atoms with Crippen molar-refractivity contribution in [3.8, 4) is 34.5 Å². The molecule has 0 unspecified atom stereocenters. The van der Waals surface area contributed by atoms with Gasteiger partial charge in [0.1, 0.15) is 29.2 Å². The molecule has 3 aromatic carbocycles. The molecular formula is C25H24O10. The molecule has 0 atom stereocenters. The van der Waals surface area contributed by atoms with Crippen molar-refractivity contribution in [1.29, 1.82) is 0 Å². The number of carbonyl (C=O) groups is 2. The Morgan fingerprint density at radius 1 is 0.743 bits per heavy atom. The maximum atomic E-state index is 13.0. The summed E-state index contributed by atoms with van der Waals surface area (Å²) in [5.41, 5.74) is 0.460. The summed E-state index contributed by atoms with van der Waals surface area (Å²) in [7, 11) is 6.87. The van der Waals surface area contributed by atoms with Crippen molar-refractivity contribution in [3.63, 3.8) is 0 Å². The topological polar surface area (TPSA) is 108 Å². The molecule has 0 amide bonds. The van der Waals surface area contributed by atoms with Gasteiger partial charge in [-0.25, -0.2) is 9.59 Å². The van der Waals surface area contributed by atoms with Crippen LogP contribution in [0.15, 0.2) is 30.3 Å². The first-order valence-corrected chi connectivity index (χ1v) is 10.4. The molecule has 0 aromatic heterocycles. The molecule has 1 heterocycles. The van der Waals surface area contributed by atoms with Gasteiger partial charge in [0.2, 0.25) is 6.79 Å². The molecule has 0 fully saturated rings. The van der Waals surface area contributed by atoms with Crippen molar-refractivity contribution in [2.75, 3.05) is 42.3 Å². The molecular weight excluding hydrogens is 460 g/mol. The van der Waals surface area contributed by atoms with Crippen LogP contribution in [-0.2, 0) is 16.1 Å². The monoisotopic (exact) mass is 484 g/mol. The molecule has 0 saturated carbocycles. The van der Waals surface area contributed by atoms with Gasteiger partial charge in [0.25, 0.3) is 0 Å². The molecule has 35 heavy (non-hydrogen) atoms. The largest absolute Gasteiger partial charge is 0.495 e. The van der Waals surface area contributed by atoms with E-state index in [-0.39, 0.29) is 36.0 Å². The van der Waals surface area contributed by atoms with E-state index in [0.717, 1.165) is 5.56 Å². The average molecular weight is 484 g/mol. The normalized spacial score (nSPS) is 11.7. The van der Waals surface area contributed by atoms with Gasteiger partial charge in [-0.15, -0.1) is 0 Å². The lowest BCUT2D eigenvalue weighted by atomic mass is 9.96. The lowest BCUT2D eigenvalue weighted by Gasteiger charge is -2.20. The molecule has 0 bridgehead atoms. The maximum Gasteiger partial charge on any atom is 0.342 e. The van der Waals surface area contributed by atoms with Crippen LogP contribution in [0.2, 0.25) is 0 Å². The summed E-state index contributed by atoms with van der Waals surface area (Å²) in [5.74, 6) is 0.607. The molecule has 0 radical (unpaired) electrons. The Morgan fingerprint density at radius 3 is 1.86 bits per heavy atom. The summed E-state index contributed by atoms with van der Waals surface area (Å²) in [4.78, 5) is 25.8. The van der Waals surface area contributed by atoms with E-state index >= 15 is 0 Å². The van der Waals surface area contributed by atoms with Crippen LogP contribution in [0, 0.1) is 0 Å². The second kappa shape index (κ2) is 9.88. The standard InChI is InChI=1S/C25H24O10/c1-28-16-7-6-13(8-17(16)29-2)11-33-23-15-10-19-18(34-12-35-19)9-14(15)22(30-3)20(24(26)31-4)21(23)25(27)32-5/h6-10H,11-12H2,1-5H3. The highest BCUT2D eigenvalue weighted by Crippen LogP contribution is 2.47. The summed E-state index contributed by atoms with van der Waals surface area (Å²) in [6, 6.07) is 8.60. The third-order valence-electron chi connectivity index (χ3n) is 5.52. The first-order chi connectivity index (χ1) is 17.0. The van der Waals surface area contributed by atoms with Crippen LogP contribution in [0.1, 0.15) is 26.3 Å². The molecule has 0 spiro atoms. The van der Waals surface area contributed by atoms with Crippen LogP contribution >= 0.6 is 0 Å². The number of carbonyl (C=O) groups excluding carboxylic acids is 2. The number of ether oxygens (including phenoxy) is 8. The zero-order chi connectivity index (χ0) is 25.1. The van der Waals surface area contributed by atoms with Crippen LogP contribution in [0.5, 0.6) is 34.5 Å². The van der Waals surface area contributed by atoms with Gasteiger partial charge in [0.15, 0.2) is 23.0 Å². The van der Waals surface area contributed by atoms with Crippen LogP contribution in [0.4, 0.5) is 0 Å². The molecule has 0 aliphatic carbocycles. The smallest absolute Gasteiger partial charge is 0.342 e. The Labute approximate surface area is 201 Å². The highest BCUT2D eigenvalue weighted by molar-refractivity contribution is 6.15. The number of methoxy groups -OCH3 is 5. The maximum absolute atomic E-state index is 13.0. The zero-order valence-electron chi connectivity index (χ0n) is 19.9. The third-order valence-corrected chi connectivity index (χ3v) is 5.52. The summed E-state index contributed by atoms with van der Waals surface area (Å²) >= 11 is 0. The molecule has 184 valence electrons. The Morgan fingerprint density at radius 2 is 1.31 bits per heavy atom. The van der Waals surface area contributed by atoms with E-state index < -0.39 is 11.9 Å². The summed E-state index contributed by atoms with van der Waals surface area (Å²) in [5, 5.41) is 0.923. The van der Waals surface area contributed by atoms with Crippen molar-refractivity contribution in [1.82, 2.24) is 0 Å². The van der Waals surface area contributed by atoms with Gasteiger partial charge < -0.3 is 37.9 Å². The second-order valence-corrected chi connectivity index (χ2v) is 7.32. The first kappa shape index (κ1) is 23.8. The summed E-state index contributed by atoms with van der Waals surface area (Å²) in [6.07, 6.45) is 0. The number of fused-ring (bicyclic) bond motifs is 2. The van der Waals surface area contributed by atoms with Crippen molar-refractivity contribution in [2.24, 2.45) is 0 Å². The van der Waals surface area contributed by atoms with E-state index in [0.29, 0.717) is 33.8 Å². The predicted molar refractivity (Wildman–Crippen MR) is 123 cm³/mol.